The number of furan rings is 1. The van der Waals surface area contributed by atoms with E-state index in [1.807, 2.05) is 42.5 Å². The number of halogens is 1. The summed E-state index contributed by atoms with van der Waals surface area (Å²) in [4.78, 5) is 29.2. The second-order valence-corrected chi connectivity index (χ2v) is 8.18. The fraction of sp³-hybridized carbons (Fsp3) is 0.280. The lowest BCUT2D eigenvalue weighted by atomic mass is 10.1. The van der Waals surface area contributed by atoms with Gasteiger partial charge in [0, 0.05) is 37.4 Å². The third-order valence-corrected chi connectivity index (χ3v) is 5.98. The highest BCUT2D eigenvalue weighted by atomic mass is 35.5. The van der Waals surface area contributed by atoms with Crippen LogP contribution in [0.25, 0.3) is 11.3 Å². The van der Waals surface area contributed by atoms with Crippen LogP contribution >= 0.6 is 11.6 Å². The van der Waals surface area contributed by atoms with Crippen molar-refractivity contribution in [1.29, 1.82) is 0 Å². The molecule has 2 amide bonds. The Kier molecular flexibility index (Phi) is 6.93. The first-order valence-electron chi connectivity index (χ1n) is 10.8. The minimum atomic E-state index is -0.149. The Morgan fingerprint density at radius 2 is 1.69 bits per heavy atom. The van der Waals surface area contributed by atoms with Crippen LogP contribution in [0.3, 0.4) is 0 Å². The predicted octanol–water partition coefficient (Wildman–Crippen LogP) is 4.56. The van der Waals surface area contributed by atoms with Crippen molar-refractivity contribution in [2.24, 2.45) is 0 Å². The Labute approximate surface area is 192 Å². The van der Waals surface area contributed by atoms with Crippen LogP contribution in [-0.4, -0.2) is 54.3 Å². The van der Waals surface area contributed by atoms with E-state index >= 15 is 0 Å². The zero-order chi connectivity index (χ0) is 22.5. The lowest BCUT2D eigenvalue weighted by molar-refractivity contribution is -0.117. The Hall–Kier alpha value is -3.09. The van der Waals surface area contributed by atoms with Crippen LogP contribution in [-0.2, 0) is 11.2 Å². The van der Waals surface area contributed by atoms with Crippen LogP contribution < -0.4 is 5.32 Å². The number of rotatable bonds is 6. The number of carbonyl (C=O) groups is 2. The van der Waals surface area contributed by atoms with E-state index in [0.29, 0.717) is 49.3 Å². The second kappa shape index (κ2) is 10.0. The number of hydrogen-bond acceptors (Lipinski definition) is 4. The number of para-hydroxylation sites is 1. The molecule has 1 fully saturated rings. The van der Waals surface area contributed by atoms with E-state index in [0.717, 1.165) is 23.2 Å². The normalized spacial score (nSPS) is 14.4. The molecule has 0 unspecified atom stereocenters. The van der Waals surface area contributed by atoms with Gasteiger partial charge in [-0.25, -0.2) is 0 Å². The summed E-state index contributed by atoms with van der Waals surface area (Å²) in [5.41, 5.74) is 2.74. The van der Waals surface area contributed by atoms with Crippen LogP contribution in [0.2, 0.25) is 5.02 Å². The Morgan fingerprint density at radius 1 is 0.969 bits per heavy atom. The summed E-state index contributed by atoms with van der Waals surface area (Å²) in [6, 6.07) is 18.7. The summed E-state index contributed by atoms with van der Waals surface area (Å²) in [6.45, 7) is 4.72. The quantitative estimate of drug-likeness (QED) is 0.596. The molecular weight excluding hydrogens is 426 g/mol. The smallest absolute Gasteiger partial charge is 0.289 e. The number of hydrogen-bond donors (Lipinski definition) is 1. The zero-order valence-electron chi connectivity index (χ0n) is 18.0. The van der Waals surface area contributed by atoms with Crippen LogP contribution in [0.5, 0.6) is 0 Å². The van der Waals surface area contributed by atoms with Crippen molar-refractivity contribution in [2.45, 2.75) is 13.3 Å². The van der Waals surface area contributed by atoms with E-state index in [-0.39, 0.29) is 11.8 Å². The first kappa shape index (κ1) is 22.1. The number of nitrogens with zero attached hydrogens (tertiary/aromatic N) is 2. The molecule has 32 heavy (non-hydrogen) atoms. The van der Waals surface area contributed by atoms with Gasteiger partial charge in [-0.2, -0.15) is 0 Å². The summed E-state index contributed by atoms with van der Waals surface area (Å²) in [6.07, 6.45) is 0.863. The maximum atomic E-state index is 12.9. The van der Waals surface area contributed by atoms with Crippen molar-refractivity contribution >= 4 is 29.1 Å². The van der Waals surface area contributed by atoms with Crippen molar-refractivity contribution in [1.82, 2.24) is 9.80 Å². The van der Waals surface area contributed by atoms with Gasteiger partial charge in [-0.15, -0.1) is 0 Å². The van der Waals surface area contributed by atoms with Crippen LogP contribution in [0.1, 0.15) is 23.0 Å². The van der Waals surface area contributed by atoms with Crippen LogP contribution in [0.15, 0.2) is 65.1 Å². The average Bonchev–Trinajstić information content (AvgIpc) is 3.30. The van der Waals surface area contributed by atoms with Gasteiger partial charge < -0.3 is 14.6 Å². The zero-order valence-corrected chi connectivity index (χ0v) is 18.8. The molecule has 0 saturated carbocycles. The summed E-state index contributed by atoms with van der Waals surface area (Å²) in [7, 11) is 0. The van der Waals surface area contributed by atoms with Crippen LogP contribution in [0, 0.1) is 0 Å². The average molecular weight is 452 g/mol. The van der Waals surface area contributed by atoms with Gasteiger partial charge in [0.05, 0.1) is 11.6 Å². The highest BCUT2D eigenvalue weighted by Gasteiger charge is 2.25. The number of aryl methyl sites for hydroxylation is 1. The molecule has 6 nitrogen and oxygen atoms in total. The Balaban J connectivity index is 1.30. The number of nitrogens with one attached hydrogen (secondary N) is 1. The number of benzene rings is 2. The van der Waals surface area contributed by atoms with Gasteiger partial charge in [-0.05, 0) is 42.3 Å². The molecule has 1 aromatic heterocycles. The second-order valence-electron chi connectivity index (χ2n) is 7.77. The molecule has 0 radical (unpaired) electrons. The van der Waals surface area contributed by atoms with Crippen molar-refractivity contribution in [2.75, 3.05) is 38.0 Å². The molecule has 0 atom stereocenters. The molecule has 4 rings (SSSR count). The molecule has 1 saturated heterocycles. The van der Waals surface area contributed by atoms with Gasteiger partial charge in [-0.3, -0.25) is 14.5 Å². The topological polar surface area (TPSA) is 65.8 Å². The maximum Gasteiger partial charge on any atom is 0.289 e. The van der Waals surface area contributed by atoms with Crippen LogP contribution in [0.4, 0.5) is 5.69 Å². The van der Waals surface area contributed by atoms with E-state index in [1.54, 1.807) is 23.1 Å². The SMILES string of the molecule is CCc1ccccc1NC(=O)CN1CCN(C(=O)c2ccc(-c3ccccc3Cl)o2)CC1. The molecular formula is C25H26ClN3O3. The largest absolute Gasteiger partial charge is 0.451 e. The van der Waals surface area contributed by atoms with Crippen molar-refractivity contribution in [3.63, 3.8) is 0 Å². The van der Waals surface area contributed by atoms with Crippen molar-refractivity contribution < 1.29 is 14.0 Å². The first-order valence-corrected chi connectivity index (χ1v) is 11.2. The molecule has 1 N–H and O–H groups in total. The van der Waals surface area contributed by atoms with Gasteiger partial charge in [0.25, 0.3) is 5.91 Å². The summed E-state index contributed by atoms with van der Waals surface area (Å²) >= 11 is 6.23. The van der Waals surface area contributed by atoms with Gasteiger partial charge in [0.2, 0.25) is 5.91 Å². The lowest BCUT2D eigenvalue weighted by Crippen LogP contribution is -2.50. The predicted molar refractivity (Wildman–Crippen MR) is 126 cm³/mol. The molecule has 7 heteroatoms. The highest BCUT2D eigenvalue weighted by molar-refractivity contribution is 6.33. The Bertz CT molecular complexity index is 1100. The molecule has 0 aliphatic carbocycles. The van der Waals surface area contributed by atoms with Gasteiger partial charge >= 0.3 is 0 Å². The summed E-state index contributed by atoms with van der Waals surface area (Å²) in [5, 5.41) is 3.58. The minimum absolute atomic E-state index is 0.0407. The standard InChI is InChI=1S/C25H26ClN3O3/c1-2-18-7-3-6-10-21(18)27-24(30)17-28-13-15-29(16-14-28)25(31)23-12-11-22(32-23)19-8-4-5-9-20(19)26/h3-12H,2,13-17H2,1H3,(H,27,30). The minimum Gasteiger partial charge on any atom is -0.451 e. The maximum absolute atomic E-state index is 12.9. The highest BCUT2D eigenvalue weighted by Crippen LogP contribution is 2.29. The van der Waals surface area contributed by atoms with E-state index in [2.05, 4.69) is 17.1 Å². The molecule has 1 aliphatic rings. The number of carbonyl (C=O) groups excluding carboxylic acids is 2. The van der Waals surface area contributed by atoms with Crippen molar-refractivity contribution in [3.8, 4) is 11.3 Å². The molecule has 0 spiro atoms. The third-order valence-electron chi connectivity index (χ3n) is 5.66. The number of piperazine rings is 1. The third kappa shape index (κ3) is 5.03. The lowest BCUT2D eigenvalue weighted by Gasteiger charge is -2.33. The summed E-state index contributed by atoms with van der Waals surface area (Å²) in [5.74, 6) is 0.675. The van der Waals surface area contributed by atoms with Crippen molar-refractivity contribution in [3.05, 3.63) is 77.0 Å². The Morgan fingerprint density at radius 3 is 2.44 bits per heavy atom. The summed E-state index contributed by atoms with van der Waals surface area (Å²) < 4.78 is 5.79. The molecule has 1 aliphatic heterocycles. The number of amides is 2. The van der Waals surface area contributed by atoms with E-state index in [1.165, 1.54) is 0 Å². The fourth-order valence-corrected chi connectivity index (χ4v) is 4.10. The van der Waals surface area contributed by atoms with E-state index < -0.39 is 0 Å². The fourth-order valence-electron chi connectivity index (χ4n) is 3.87. The molecule has 2 aromatic carbocycles. The van der Waals surface area contributed by atoms with E-state index in [9.17, 15) is 9.59 Å². The first-order chi connectivity index (χ1) is 15.5. The van der Waals surface area contributed by atoms with Gasteiger partial charge in [0.15, 0.2) is 5.76 Å². The molecule has 3 aromatic rings. The van der Waals surface area contributed by atoms with Gasteiger partial charge in [-0.1, -0.05) is 48.9 Å². The van der Waals surface area contributed by atoms with Gasteiger partial charge in [0.1, 0.15) is 5.76 Å². The molecule has 166 valence electrons. The molecule has 0 bridgehead atoms. The van der Waals surface area contributed by atoms with E-state index in [4.69, 9.17) is 16.0 Å². The monoisotopic (exact) mass is 451 g/mol. The number of anilines is 1. The molecule has 2 heterocycles.